The van der Waals surface area contributed by atoms with Gasteiger partial charge < -0.3 is 10.7 Å². The third-order valence-corrected chi connectivity index (χ3v) is 4.72. The maximum atomic E-state index is 12.5. The quantitative estimate of drug-likeness (QED) is 0.895. The lowest BCUT2D eigenvalue weighted by Crippen LogP contribution is -2.27. The molecule has 0 spiro atoms. The first-order valence-electron chi connectivity index (χ1n) is 8.14. The van der Waals surface area contributed by atoms with Crippen LogP contribution in [0.15, 0.2) is 23.0 Å². The van der Waals surface area contributed by atoms with Gasteiger partial charge in [-0.2, -0.15) is 0 Å². The van der Waals surface area contributed by atoms with Crippen molar-refractivity contribution in [2.75, 3.05) is 13.1 Å². The second-order valence-corrected chi connectivity index (χ2v) is 6.58. The SMILES string of the molecule is Cc1ccc(C)c2c(=O)cc(CN3CCCC(N)CC3)[nH]c12. The van der Waals surface area contributed by atoms with Crippen LogP contribution in [0.3, 0.4) is 0 Å². The Morgan fingerprint density at radius 2 is 2.00 bits per heavy atom. The Morgan fingerprint density at radius 3 is 2.82 bits per heavy atom. The van der Waals surface area contributed by atoms with Gasteiger partial charge in [-0.1, -0.05) is 12.1 Å². The number of nitrogens with two attached hydrogens (primary N) is 1. The number of pyridine rings is 1. The van der Waals surface area contributed by atoms with E-state index in [0.29, 0.717) is 6.04 Å². The molecule has 0 amide bonds. The average Bonchev–Trinajstić information content (AvgIpc) is 2.67. The topological polar surface area (TPSA) is 62.1 Å². The van der Waals surface area contributed by atoms with Crippen LogP contribution >= 0.6 is 0 Å². The van der Waals surface area contributed by atoms with Gasteiger partial charge in [0.1, 0.15) is 0 Å². The van der Waals surface area contributed by atoms with Gasteiger partial charge in [0.05, 0.1) is 5.52 Å². The molecule has 1 aromatic heterocycles. The maximum Gasteiger partial charge on any atom is 0.189 e. The molecule has 1 aliphatic rings. The molecule has 4 nitrogen and oxygen atoms in total. The van der Waals surface area contributed by atoms with Crippen molar-refractivity contribution in [3.05, 3.63) is 45.2 Å². The minimum absolute atomic E-state index is 0.122. The van der Waals surface area contributed by atoms with Gasteiger partial charge in [-0.25, -0.2) is 0 Å². The number of aromatic amines is 1. The molecule has 0 bridgehead atoms. The zero-order valence-corrected chi connectivity index (χ0v) is 13.5. The van der Waals surface area contributed by atoms with E-state index in [4.69, 9.17) is 5.73 Å². The van der Waals surface area contributed by atoms with Crippen molar-refractivity contribution < 1.29 is 0 Å². The standard InChI is InChI=1S/C18H25N3O/c1-12-5-6-13(2)18-17(12)16(22)10-15(20-18)11-21-8-3-4-14(19)7-9-21/h5-6,10,14H,3-4,7-9,11,19H2,1-2H3,(H,20,22). The maximum absolute atomic E-state index is 12.5. The molecule has 0 radical (unpaired) electrons. The first-order valence-corrected chi connectivity index (χ1v) is 8.14. The number of rotatable bonds is 2. The summed E-state index contributed by atoms with van der Waals surface area (Å²) in [6, 6.07) is 6.18. The molecule has 3 rings (SSSR count). The van der Waals surface area contributed by atoms with Crippen molar-refractivity contribution in [2.24, 2.45) is 5.73 Å². The Hall–Kier alpha value is -1.65. The number of likely N-dealkylation sites (tertiary alicyclic amines) is 1. The largest absolute Gasteiger partial charge is 0.357 e. The zero-order chi connectivity index (χ0) is 15.7. The highest BCUT2D eigenvalue weighted by Crippen LogP contribution is 2.18. The van der Waals surface area contributed by atoms with E-state index in [0.717, 1.165) is 66.6 Å². The Bertz CT molecular complexity index is 735. The summed E-state index contributed by atoms with van der Waals surface area (Å²) in [6.07, 6.45) is 3.27. The number of nitrogens with one attached hydrogen (secondary N) is 1. The minimum Gasteiger partial charge on any atom is -0.357 e. The van der Waals surface area contributed by atoms with E-state index >= 15 is 0 Å². The van der Waals surface area contributed by atoms with Crippen LogP contribution in [-0.4, -0.2) is 29.0 Å². The van der Waals surface area contributed by atoms with Gasteiger partial charge >= 0.3 is 0 Å². The van der Waals surface area contributed by atoms with Crippen molar-refractivity contribution in [1.29, 1.82) is 0 Å². The van der Waals surface area contributed by atoms with Crippen molar-refractivity contribution in [3.63, 3.8) is 0 Å². The molecule has 3 N–H and O–H groups in total. The normalized spacial score (nSPS) is 20.2. The molecule has 1 fully saturated rings. The third kappa shape index (κ3) is 3.08. The fourth-order valence-corrected chi connectivity index (χ4v) is 3.38. The predicted octanol–water partition coefficient (Wildman–Crippen LogP) is 2.46. The van der Waals surface area contributed by atoms with Crippen LogP contribution in [-0.2, 0) is 6.54 Å². The van der Waals surface area contributed by atoms with E-state index in [9.17, 15) is 4.79 Å². The van der Waals surface area contributed by atoms with Crippen LogP contribution in [0.2, 0.25) is 0 Å². The monoisotopic (exact) mass is 299 g/mol. The van der Waals surface area contributed by atoms with Gasteiger partial charge in [0, 0.05) is 36.3 Å². The molecular formula is C18H25N3O. The van der Waals surface area contributed by atoms with Gasteiger partial charge in [0.15, 0.2) is 5.43 Å². The summed E-state index contributed by atoms with van der Waals surface area (Å²) in [6.45, 7) is 6.90. The Labute approximate surface area is 131 Å². The van der Waals surface area contributed by atoms with E-state index in [1.165, 1.54) is 0 Å². The van der Waals surface area contributed by atoms with Crippen molar-refractivity contribution in [3.8, 4) is 0 Å². The molecule has 1 unspecified atom stereocenters. The first kappa shape index (κ1) is 15.3. The lowest BCUT2D eigenvalue weighted by Gasteiger charge is -2.20. The predicted molar refractivity (Wildman–Crippen MR) is 91.1 cm³/mol. The van der Waals surface area contributed by atoms with Gasteiger partial charge in [-0.15, -0.1) is 0 Å². The number of hydrogen-bond acceptors (Lipinski definition) is 3. The van der Waals surface area contributed by atoms with Crippen LogP contribution in [0.5, 0.6) is 0 Å². The Kier molecular flexibility index (Phi) is 4.32. The Morgan fingerprint density at radius 1 is 1.23 bits per heavy atom. The first-order chi connectivity index (χ1) is 10.5. The highest BCUT2D eigenvalue weighted by molar-refractivity contribution is 5.84. The summed E-state index contributed by atoms with van der Waals surface area (Å²) < 4.78 is 0. The van der Waals surface area contributed by atoms with Crippen molar-refractivity contribution in [1.82, 2.24) is 9.88 Å². The second kappa shape index (κ2) is 6.23. The van der Waals surface area contributed by atoms with E-state index in [2.05, 4.69) is 16.0 Å². The van der Waals surface area contributed by atoms with Crippen LogP contribution < -0.4 is 11.2 Å². The number of aryl methyl sites for hydroxylation is 2. The summed E-state index contributed by atoms with van der Waals surface area (Å²) >= 11 is 0. The molecule has 118 valence electrons. The number of fused-ring (bicyclic) bond motifs is 1. The van der Waals surface area contributed by atoms with Crippen LogP contribution in [0.1, 0.15) is 36.1 Å². The van der Waals surface area contributed by atoms with Gasteiger partial charge in [-0.3, -0.25) is 9.69 Å². The van der Waals surface area contributed by atoms with Gasteiger partial charge in [0.2, 0.25) is 0 Å². The molecule has 1 aliphatic heterocycles. The average molecular weight is 299 g/mol. The zero-order valence-electron chi connectivity index (χ0n) is 13.5. The molecule has 0 saturated carbocycles. The summed E-state index contributed by atoms with van der Waals surface area (Å²) in [4.78, 5) is 18.4. The Balaban J connectivity index is 1.92. The third-order valence-electron chi connectivity index (χ3n) is 4.72. The molecule has 22 heavy (non-hydrogen) atoms. The number of benzene rings is 1. The highest BCUT2D eigenvalue weighted by Gasteiger charge is 2.15. The van der Waals surface area contributed by atoms with Crippen molar-refractivity contribution >= 4 is 10.9 Å². The molecule has 1 aromatic carbocycles. The van der Waals surface area contributed by atoms with Gasteiger partial charge in [-0.05, 0) is 50.8 Å². The van der Waals surface area contributed by atoms with E-state index < -0.39 is 0 Å². The highest BCUT2D eigenvalue weighted by atomic mass is 16.1. The second-order valence-electron chi connectivity index (χ2n) is 6.58. The molecule has 4 heteroatoms. The molecule has 0 aliphatic carbocycles. The lowest BCUT2D eigenvalue weighted by molar-refractivity contribution is 0.273. The van der Waals surface area contributed by atoms with Crippen molar-refractivity contribution in [2.45, 2.75) is 45.7 Å². The van der Waals surface area contributed by atoms with E-state index in [-0.39, 0.29) is 5.43 Å². The number of aromatic nitrogens is 1. The number of H-pyrrole nitrogens is 1. The summed E-state index contributed by atoms with van der Waals surface area (Å²) in [5, 5.41) is 0.821. The summed E-state index contributed by atoms with van der Waals surface area (Å²) in [7, 11) is 0. The van der Waals surface area contributed by atoms with E-state index in [1.807, 2.05) is 19.9 Å². The summed E-state index contributed by atoms with van der Waals surface area (Å²) in [5.74, 6) is 0. The van der Waals surface area contributed by atoms with Crippen LogP contribution in [0, 0.1) is 13.8 Å². The molecule has 1 saturated heterocycles. The fraction of sp³-hybridized carbons (Fsp3) is 0.500. The lowest BCUT2D eigenvalue weighted by atomic mass is 10.0. The van der Waals surface area contributed by atoms with E-state index in [1.54, 1.807) is 6.07 Å². The fourth-order valence-electron chi connectivity index (χ4n) is 3.38. The molecule has 2 heterocycles. The van der Waals surface area contributed by atoms with Crippen LogP contribution in [0.25, 0.3) is 10.9 Å². The minimum atomic E-state index is 0.122. The molecular weight excluding hydrogens is 274 g/mol. The number of hydrogen-bond donors (Lipinski definition) is 2. The number of nitrogens with zero attached hydrogens (tertiary/aromatic N) is 1. The van der Waals surface area contributed by atoms with Crippen LogP contribution in [0.4, 0.5) is 0 Å². The smallest absolute Gasteiger partial charge is 0.189 e. The van der Waals surface area contributed by atoms with Gasteiger partial charge in [0.25, 0.3) is 0 Å². The molecule has 2 aromatic rings. The molecule has 1 atom stereocenters. The summed E-state index contributed by atoms with van der Waals surface area (Å²) in [5.41, 5.74) is 10.3.